The second kappa shape index (κ2) is 7.59. The zero-order valence-corrected chi connectivity index (χ0v) is 13.6. The Bertz CT molecular complexity index is 596. The van der Waals surface area contributed by atoms with Crippen molar-refractivity contribution < 1.29 is 9.90 Å². The van der Waals surface area contributed by atoms with Gasteiger partial charge in [0, 0.05) is 27.6 Å². The monoisotopic (exact) mass is 322 g/mol. The van der Waals surface area contributed by atoms with Crippen LogP contribution in [0.1, 0.15) is 28.0 Å². The molecule has 1 aromatic heterocycles. The number of aliphatic hydroxyl groups is 1. The summed E-state index contributed by atoms with van der Waals surface area (Å²) >= 11 is 3.35. The van der Waals surface area contributed by atoms with Crippen molar-refractivity contribution in [2.24, 2.45) is 0 Å². The maximum Gasteiger partial charge on any atom is 0.251 e. The SMILES string of the molecule is Cc1nc(CSc2ccc(C(=O)NC(C)CO)cc2)cs1. The van der Waals surface area contributed by atoms with Gasteiger partial charge < -0.3 is 10.4 Å². The summed E-state index contributed by atoms with van der Waals surface area (Å²) in [4.78, 5) is 17.4. The number of carbonyl (C=O) groups is 1. The van der Waals surface area contributed by atoms with E-state index in [0.717, 1.165) is 21.3 Å². The van der Waals surface area contributed by atoms with Crippen LogP contribution in [0.5, 0.6) is 0 Å². The fourth-order valence-electron chi connectivity index (χ4n) is 1.69. The van der Waals surface area contributed by atoms with E-state index >= 15 is 0 Å². The smallest absolute Gasteiger partial charge is 0.251 e. The van der Waals surface area contributed by atoms with E-state index in [0.29, 0.717) is 5.56 Å². The Balaban J connectivity index is 1.91. The second-order valence-corrected chi connectivity index (χ2v) is 6.84. The number of benzene rings is 1. The van der Waals surface area contributed by atoms with E-state index < -0.39 is 0 Å². The number of thiazole rings is 1. The highest BCUT2D eigenvalue weighted by Crippen LogP contribution is 2.23. The van der Waals surface area contributed by atoms with Gasteiger partial charge in [0.25, 0.3) is 5.91 Å². The van der Waals surface area contributed by atoms with Crippen molar-refractivity contribution in [3.63, 3.8) is 0 Å². The van der Waals surface area contributed by atoms with Gasteiger partial charge in [-0.2, -0.15) is 0 Å². The van der Waals surface area contributed by atoms with E-state index in [1.54, 1.807) is 42.2 Å². The van der Waals surface area contributed by atoms with E-state index in [2.05, 4.69) is 15.7 Å². The molecule has 1 heterocycles. The Labute approximate surface area is 132 Å². The number of aryl methyl sites for hydroxylation is 1. The van der Waals surface area contributed by atoms with Crippen molar-refractivity contribution in [2.45, 2.75) is 30.5 Å². The Morgan fingerprint density at radius 1 is 1.43 bits per heavy atom. The zero-order valence-electron chi connectivity index (χ0n) is 12.0. The summed E-state index contributed by atoms with van der Waals surface area (Å²) in [5.41, 5.74) is 1.69. The van der Waals surface area contributed by atoms with Crippen LogP contribution in [0.25, 0.3) is 0 Å². The Morgan fingerprint density at radius 2 is 2.14 bits per heavy atom. The van der Waals surface area contributed by atoms with Crippen LogP contribution < -0.4 is 5.32 Å². The van der Waals surface area contributed by atoms with Crippen molar-refractivity contribution >= 4 is 29.0 Å². The van der Waals surface area contributed by atoms with Gasteiger partial charge in [-0.05, 0) is 38.1 Å². The fourth-order valence-corrected chi connectivity index (χ4v) is 3.20. The summed E-state index contributed by atoms with van der Waals surface area (Å²) in [5.74, 6) is 0.667. The number of carbonyl (C=O) groups excluding carboxylic acids is 1. The molecule has 0 spiro atoms. The van der Waals surface area contributed by atoms with E-state index in [-0.39, 0.29) is 18.6 Å². The van der Waals surface area contributed by atoms with Gasteiger partial charge >= 0.3 is 0 Å². The van der Waals surface area contributed by atoms with Crippen LogP contribution in [0.2, 0.25) is 0 Å². The molecule has 1 atom stereocenters. The molecule has 21 heavy (non-hydrogen) atoms. The summed E-state index contributed by atoms with van der Waals surface area (Å²) in [6.07, 6.45) is 0. The first-order valence-electron chi connectivity index (χ1n) is 6.64. The van der Waals surface area contributed by atoms with Gasteiger partial charge in [0.15, 0.2) is 0 Å². The molecular weight excluding hydrogens is 304 g/mol. The lowest BCUT2D eigenvalue weighted by Crippen LogP contribution is -2.34. The van der Waals surface area contributed by atoms with Crippen LogP contribution in [-0.2, 0) is 5.75 Å². The molecule has 0 bridgehead atoms. The highest BCUT2D eigenvalue weighted by atomic mass is 32.2. The summed E-state index contributed by atoms with van der Waals surface area (Å²) in [7, 11) is 0. The van der Waals surface area contributed by atoms with Crippen molar-refractivity contribution in [1.29, 1.82) is 0 Å². The van der Waals surface area contributed by atoms with E-state index in [4.69, 9.17) is 5.11 Å². The number of hydrogen-bond donors (Lipinski definition) is 2. The average molecular weight is 322 g/mol. The van der Waals surface area contributed by atoms with E-state index in [9.17, 15) is 4.79 Å². The van der Waals surface area contributed by atoms with Crippen molar-refractivity contribution in [1.82, 2.24) is 10.3 Å². The highest BCUT2D eigenvalue weighted by molar-refractivity contribution is 7.98. The number of rotatable bonds is 6. The van der Waals surface area contributed by atoms with Crippen LogP contribution in [0, 0.1) is 6.92 Å². The number of aliphatic hydroxyl groups excluding tert-OH is 1. The number of nitrogens with one attached hydrogen (secondary N) is 1. The lowest BCUT2D eigenvalue weighted by Gasteiger charge is -2.10. The first-order valence-corrected chi connectivity index (χ1v) is 8.50. The molecule has 1 amide bonds. The molecule has 0 aliphatic carbocycles. The molecule has 0 saturated heterocycles. The summed E-state index contributed by atoms with van der Waals surface area (Å²) in [6, 6.07) is 7.23. The first-order chi connectivity index (χ1) is 10.1. The molecule has 4 nitrogen and oxygen atoms in total. The number of nitrogens with zero attached hydrogens (tertiary/aromatic N) is 1. The third-order valence-corrected chi connectivity index (χ3v) is 4.69. The van der Waals surface area contributed by atoms with Crippen LogP contribution in [0.3, 0.4) is 0 Å². The maximum atomic E-state index is 11.9. The quantitative estimate of drug-likeness (QED) is 0.803. The fraction of sp³-hybridized carbons (Fsp3) is 0.333. The van der Waals surface area contributed by atoms with Gasteiger partial charge in [-0.1, -0.05) is 0 Å². The standard InChI is InChI=1S/C15H18N2O2S2/c1-10(7-18)16-15(19)12-3-5-14(6-4-12)21-9-13-8-20-11(2)17-13/h3-6,8,10,18H,7,9H2,1-2H3,(H,16,19). The molecule has 0 saturated carbocycles. The Kier molecular flexibility index (Phi) is 5.78. The normalized spacial score (nSPS) is 12.1. The lowest BCUT2D eigenvalue weighted by atomic mass is 10.2. The molecule has 112 valence electrons. The zero-order chi connectivity index (χ0) is 15.2. The molecule has 0 aliphatic rings. The van der Waals surface area contributed by atoms with E-state index in [1.165, 1.54) is 0 Å². The highest BCUT2D eigenvalue weighted by Gasteiger charge is 2.09. The molecule has 2 aromatic rings. The van der Waals surface area contributed by atoms with Gasteiger partial charge in [-0.3, -0.25) is 4.79 Å². The predicted molar refractivity (Wildman–Crippen MR) is 86.9 cm³/mol. The minimum absolute atomic E-state index is 0.0628. The Hall–Kier alpha value is -1.37. The van der Waals surface area contributed by atoms with Crippen LogP contribution in [-0.4, -0.2) is 28.6 Å². The lowest BCUT2D eigenvalue weighted by molar-refractivity contribution is 0.0922. The number of amides is 1. The van der Waals surface area contributed by atoms with Crippen LogP contribution >= 0.6 is 23.1 Å². The van der Waals surface area contributed by atoms with Gasteiger partial charge in [0.2, 0.25) is 0 Å². The third-order valence-electron chi connectivity index (χ3n) is 2.82. The molecule has 6 heteroatoms. The third kappa shape index (κ3) is 4.84. The first kappa shape index (κ1) is 16.0. The molecular formula is C15H18N2O2S2. The predicted octanol–water partition coefficient (Wildman–Crippen LogP) is 2.85. The molecule has 0 radical (unpaired) electrons. The Morgan fingerprint density at radius 3 is 2.71 bits per heavy atom. The van der Waals surface area contributed by atoms with Gasteiger partial charge in [-0.25, -0.2) is 4.98 Å². The molecule has 2 rings (SSSR count). The van der Waals surface area contributed by atoms with E-state index in [1.807, 2.05) is 19.1 Å². The largest absolute Gasteiger partial charge is 0.394 e. The summed E-state index contributed by atoms with van der Waals surface area (Å²) < 4.78 is 0. The molecule has 0 fully saturated rings. The maximum absolute atomic E-state index is 11.9. The van der Waals surface area contributed by atoms with Crippen molar-refractivity contribution in [2.75, 3.05) is 6.61 Å². The second-order valence-electron chi connectivity index (χ2n) is 4.73. The number of thioether (sulfide) groups is 1. The summed E-state index contributed by atoms with van der Waals surface area (Å²) in [6.45, 7) is 3.70. The molecule has 1 unspecified atom stereocenters. The molecule has 1 aromatic carbocycles. The molecule has 2 N–H and O–H groups in total. The van der Waals surface area contributed by atoms with Crippen LogP contribution in [0.15, 0.2) is 34.5 Å². The van der Waals surface area contributed by atoms with Crippen LogP contribution in [0.4, 0.5) is 0 Å². The number of hydrogen-bond acceptors (Lipinski definition) is 5. The minimum Gasteiger partial charge on any atom is -0.394 e. The number of aromatic nitrogens is 1. The van der Waals surface area contributed by atoms with Crippen molar-refractivity contribution in [3.05, 3.63) is 45.9 Å². The van der Waals surface area contributed by atoms with Gasteiger partial charge in [0.1, 0.15) is 0 Å². The minimum atomic E-state index is -0.237. The average Bonchev–Trinajstić information content (AvgIpc) is 2.91. The van der Waals surface area contributed by atoms with Crippen molar-refractivity contribution in [3.8, 4) is 0 Å². The topological polar surface area (TPSA) is 62.2 Å². The summed E-state index contributed by atoms with van der Waals surface area (Å²) in [5, 5.41) is 14.8. The van der Waals surface area contributed by atoms with Gasteiger partial charge in [0.05, 0.1) is 17.3 Å². The van der Waals surface area contributed by atoms with Gasteiger partial charge in [-0.15, -0.1) is 23.1 Å². The molecule has 0 aliphatic heterocycles.